The van der Waals surface area contributed by atoms with E-state index in [0.29, 0.717) is 10.7 Å². The summed E-state index contributed by atoms with van der Waals surface area (Å²) in [6.45, 7) is 0.289. The highest BCUT2D eigenvalue weighted by Crippen LogP contribution is 2.21. The lowest BCUT2D eigenvalue weighted by Gasteiger charge is -2.32. The van der Waals surface area contributed by atoms with Crippen molar-refractivity contribution in [2.75, 3.05) is 0 Å². The molecule has 1 saturated carbocycles. The molecule has 2 N–H and O–H groups in total. The molecule has 32 heavy (non-hydrogen) atoms. The minimum absolute atomic E-state index is 0.209. The molecule has 2 amide bonds. The first-order valence-corrected chi connectivity index (χ1v) is 11.5. The van der Waals surface area contributed by atoms with Crippen molar-refractivity contribution in [1.82, 2.24) is 15.6 Å². The van der Waals surface area contributed by atoms with Crippen molar-refractivity contribution in [2.45, 2.75) is 44.4 Å². The van der Waals surface area contributed by atoms with Crippen molar-refractivity contribution in [3.63, 3.8) is 0 Å². The van der Waals surface area contributed by atoms with E-state index in [0.717, 1.165) is 31.4 Å². The molecular formula is C24H24FN3O3S. The second kappa shape index (κ2) is 10.4. The number of hydrogen-bond donors (Lipinski definition) is 2. The fourth-order valence-electron chi connectivity index (χ4n) is 3.74. The maximum atomic E-state index is 13.4. The SMILES string of the molecule is O=C(N[C@@H]1CCCC[C@H]1NC(=O)c1csc(COc2ccccc2)n1)c1cccc(F)c1. The van der Waals surface area contributed by atoms with Gasteiger partial charge in [0.05, 0.1) is 0 Å². The minimum Gasteiger partial charge on any atom is -0.486 e. The summed E-state index contributed by atoms with van der Waals surface area (Å²) in [6, 6.07) is 14.6. The smallest absolute Gasteiger partial charge is 0.271 e. The summed E-state index contributed by atoms with van der Waals surface area (Å²) in [4.78, 5) is 29.7. The Bertz CT molecular complexity index is 1070. The van der Waals surface area contributed by atoms with Gasteiger partial charge in [-0.05, 0) is 43.2 Å². The van der Waals surface area contributed by atoms with Gasteiger partial charge in [-0.2, -0.15) is 0 Å². The van der Waals surface area contributed by atoms with E-state index < -0.39 is 5.82 Å². The Morgan fingerprint density at radius 2 is 1.72 bits per heavy atom. The van der Waals surface area contributed by atoms with E-state index in [1.807, 2.05) is 30.3 Å². The molecule has 0 unspecified atom stereocenters. The molecule has 1 aliphatic rings. The van der Waals surface area contributed by atoms with E-state index in [1.165, 1.54) is 29.5 Å². The van der Waals surface area contributed by atoms with Crippen LogP contribution < -0.4 is 15.4 Å². The molecule has 4 rings (SSSR count). The summed E-state index contributed by atoms with van der Waals surface area (Å²) in [5, 5.41) is 8.39. The average molecular weight is 454 g/mol. The van der Waals surface area contributed by atoms with E-state index in [4.69, 9.17) is 4.74 Å². The molecular weight excluding hydrogens is 429 g/mol. The van der Waals surface area contributed by atoms with Crippen molar-refractivity contribution >= 4 is 23.2 Å². The molecule has 0 saturated heterocycles. The van der Waals surface area contributed by atoms with Crippen LogP contribution in [0.2, 0.25) is 0 Å². The van der Waals surface area contributed by atoms with E-state index in [1.54, 1.807) is 11.4 Å². The molecule has 0 aliphatic heterocycles. The van der Waals surface area contributed by atoms with E-state index >= 15 is 0 Å². The summed E-state index contributed by atoms with van der Waals surface area (Å²) in [5.74, 6) is -0.330. The molecule has 0 spiro atoms. The van der Waals surface area contributed by atoms with Crippen LogP contribution in [-0.2, 0) is 6.61 Å². The molecule has 1 fully saturated rings. The Morgan fingerprint density at radius 1 is 1.00 bits per heavy atom. The highest BCUT2D eigenvalue weighted by Gasteiger charge is 2.29. The van der Waals surface area contributed by atoms with Gasteiger partial charge in [0, 0.05) is 23.0 Å². The number of hydrogen-bond acceptors (Lipinski definition) is 5. The first kappa shape index (κ1) is 22.0. The van der Waals surface area contributed by atoms with Crippen molar-refractivity contribution in [2.24, 2.45) is 0 Å². The fraction of sp³-hybridized carbons (Fsp3) is 0.292. The van der Waals surface area contributed by atoms with E-state index in [9.17, 15) is 14.0 Å². The maximum Gasteiger partial charge on any atom is 0.271 e. The number of halogens is 1. The number of aromatic nitrogens is 1. The van der Waals surface area contributed by atoms with Crippen LogP contribution in [0.1, 0.15) is 51.5 Å². The van der Waals surface area contributed by atoms with Gasteiger partial charge in [-0.15, -0.1) is 11.3 Å². The zero-order valence-electron chi connectivity index (χ0n) is 17.4. The number of para-hydroxylation sites is 1. The molecule has 2 aromatic carbocycles. The topological polar surface area (TPSA) is 80.3 Å². The molecule has 0 bridgehead atoms. The number of ether oxygens (including phenoxy) is 1. The molecule has 3 aromatic rings. The van der Waals surface area contributed by atoms with Gasteiger partial charge in [-0.1, -0.05) is 37.1 Å². The van der Waals surface area contributed by atoms with Crippen LogP contribution in [0.4, 0.5) is 4.39 Å². The Labute approximate surface area is 189 Å². The monoisotopic (exact) mass is 453 g/mol. The summed E-state index contributed by atoms with van der Waals surface area (Å²) in [5.41, 5.74) is 0.602. The second-order valence-corrected chi connectivity index (χ2v) is 8.63. The predicted octanol–water partition coefficient (Wildman–Crippen LogP) is 4.33. The van der Waals surface area contributed by atoms with Crippen LogP contribution in [0.3, 0.4) is 0 Å². The zero-order valence-corrected chi connectivity index (χ0v) is 18.2. The number of carbonyl (C=O) groups is 2. The van der Waals surface area contributed by atoms with Gasteiger partial charge in [-0.25, -0.2) is 9.37 Å². The third kappa shape index (κ3) is 5.70. The van der Waals surface area contributed by atoms with Crippen molar-refractivity contribution in [3.05, 3.63) is 82.1 Å². The van der Waals surface area contributed by atoms with Crippen LogP contribution in [0.25, 0.3) is 0 Å². The Balaban J connectivity index is 1.35. The Kier molecular flexibility index (Phi) is 7.11. The number of rotatable bonds is 7. The predicted molar refractivity (Wildman–Crippen MR) is 120 cm³/mol. The van der Waals surface area contributed by atoms with Gasteiger partial charge in [0.1, 0.15) is 28.9 Å². The molecule has 8 heteroatoms. The van der Waals surface area contributed by atoms with Crippen LogP contribution in [0.5, 0.6) is 5.75 Å². The van der Waals surface area contributed by atoms with Crippen molar-refractivity contribution < 1.29 is 18.7 Å². The molecule has 0 radical (unpaired) electrons. The first-order chi connectivity index (χ1) is 15.6. The average Bonchev–Trinajstić information content (AvgIpc) is 3.29. The highest BCUT2D eigenvalue weighted by atomic mass is 32.1. The lowest BCUT2D eigenvalue weighted by molar-refractivity contribution is 0.0860. The van der Waals surface area contributed by atoms with Crippen molar-refractivity contribution in [1.29, 1.82) is 0 Å². The molecule has 2 atom stereocenters. The maximum absolute atomic E-state index is 13.4. The minimum atomic E-state index is -0.457. The van der Waals surface area contributed by atoms with Crippen LogP contribution >= 0.6 is 11.3 Å². The Morgan fingerprint density at radius 3 is 2.44 bits per heavy atom. The normalized spacial score (nSPS) is 18.0. The van der Waals surface area contributed by atoms with Crippen LogP contribution in [-0.4, -0.2) is 28.9 Å². The lowest BCUT2D eigenvalue weighted by atomic mass is 9.90. The van der Waals surface area contributed by atoms with Gasteiger partial charge in [-0.3, -0.25) is 9.59 Å². The summed E-state index contributed by atoms with van der Waals surface area (Å²) < 4.78 is 19.1. The third-order valence-corrected chi connectivity index (χ3v) is 6.20. The molecule has 166 valence electrons. The Hall–Kier alpha value is -3.26. The number of benzene rings is 2. The quantitative estimate of drug-likeness (QED) is 0.558. The van der Waals surface area contributed by atoms with E-state index in [-0.39, 0.29) is 36.1 Å². The van der Waals surface area contributed by atoms with E-state index in [2.05, 4.69) is 15.6 Å². The van der Waals surface area contributed by atoms with Gasteiger partial charge in [0.25, 0.3) is 11.8 Å². The third-order valence-electron chi connectivity index (χ3n) is 5.38. The van der Waals surface area contributed by atoms with Gasteiger partial charge >= 0.3 is 0 Å². The highest BCUT2D eigenvalue weighted by molar-refractivity contribution is 7.09. The largest absolute Gasteiger partial charge is 0.486 e. The number of carbonyl (C=O) groups excluding carboxylic acids is 2. The fourth-order valence-corrected chi connectivity index (χ4v) is 4.43. The van der Waals surface area contributed by atoms with Gasteiger partial charge in [0.15, 0.2) is 0 Å². The lowest BCUT2D eigenvalue weighted by Crippen LogP contribution is -2.53. The zero-order chi connectivity index (χ0) is 22.3. The summed E-state index contributed by atoms with van der Waals surface area (Å²) >= 11 is 1.37. The summed E-state index contributed by atoms with van der Waals surface area (Å²) in [6.07, 6.45) is 3.43. The van der Waals surface area contributed by atoms with Crippen LogP contribution in [0.15, 0.2) is 60.0 Å². The van der Waals surface area contributed by atoms with Gasteiger partial charge < -0.3 is 15.4 Å². The van der Waals surface area contributed by atoms with Crippen molar-refractivity contribution in [3.8, 4) is 5.75 Å². The molecule has 1 aliphatic carbocycles. The van der Waals surface area contributed by atoms with Crippen LogP contribution in [0, 0.1) is 5.82 Å². The standard InChI is InChI=1S/C24H24FN3O3S/c25-17-8-6-7-16(13-17)23(29)27-19-11-4-5-12-20(19)28-24(30)21-15-32-22(26-21)14-31-18-9-2-1-3-10-18/h1-3,6-10,13,15,19-20H,4-5,11-12,14H2,(H,27,29)(H,28,30)/t19-,20-/m1/s1. The molecule has 6 nitrogen and oxygen atoms in total. The second-order valence-electron chi connectivity index (χ2n) is 7.68. The number of amides is 2. The van der Waals surface area contributed by atoms with Gasteiger partial charge in [0.2, 0.25) is 0 Å². The number of nitrogens with one attached hydrogen (secondary N) is 2. The molecule has 1 aromatic heterocycles. The number of nitrogens with zero attached hydrogens (tertiary/aromatic N) is 1. The number of thiazole rings is 1. The first-order valence-electron chi connectivity index (χ1n) is 10.6. The summed E-state index contributed by atoms with van der Waals surface area (Å²) in [7, 11) is 0. The molecule has 1 heterocycles.